The van der Waals surface area contributed by atoms with Gasteiger partial charge >= 0.3 is 5.97 Å². The number of carbonyl (C=O) groups excluding carboxylic acids is 1. The Morgan fingerprint density at radius 2 is 1.81 bits per heavy atom. The maximum absolute atomic E-state index is 13.1. The summed E-state index contributed by atoms with van der Waals surface area (Å²) in [5.74, 6) is 0.0730. The van der Waals surface area contributed by atoms with Crippen LogP contribution >= 0.6 is 11.3 Å². The third kappa shape index (κ3) is 4.55. The van der Waals surface area contributed by atoms with E-state index in [1.807, 2.05) is 48.5 Å². The second kappa shape index (κ2) is 9.15. The van der Waals surface area contributed by atoms with Crippen LogP contribution in [0.4, 0.5) is 0 Å². The molecule has 0 spiro atoms. The van der Waals surface area contributed by atoms with Crippen molar-refractivity contribution in [2.75, 3.05) is 14.2 Å². The minimum atomic E-state index is -3.94. The number of aromatic amines is 1. The number of fused-ring (bicyclic) bond motifs is 1. The van der Waals surface area contributed by atoms with Gasteiger partial charge in [-0.05, 0) is 53.6 Å². The number of hydrogen-bond donors (Lipinski definition) is 2. The number of thiophene rings is 1. The monoisotopic (exact) mass is 470 g/mol. The maximum atomic E-state index is 13.1. The molecule has 0 aliphatic heterocycles. The molecule has 0 bridgehead atoms. The first-order valence-corrected chi connectivity index (χ1v) is 12.1. The number of ether oxygens (including phenoxy) is 2. The smallest absolute Gasteiger partial charge is 0.324 e. The van der Waals surface area contributed by atoms with Gasteiger partial charge in [-0.25, -0.2) is 8.42 Å². The molecule has 4 rings (SSSR count). The molecule has 1 atom stereocenters. The number of hydrogen-bond acceptors (Lipinski definition) is 6. The highest BCUT2D eigenvalue weighted by molar-refractivity contribution is 7.91. The SMILES string of the molecule is COC(=O)[C@@H](Cc1c[nH]c2ccccc12)NS(=O)(=O)c1ccc(-c2ccc(OC)cc2)s1. The number of esters is 1. The molecule has 0 aliphatic rings. The van der Waals surface area contributed by atoms with Crippen LogP contribution < -0.4 is 9.46 Å². The van der Waals surface area contributed by atoms with E-state index < -0.39 is 22.0 Å². The van der Waals surface area contributed by atoms with Gasteiger partial charge in [-0.1, -0.05) is 18.2 Å². The number of methoxy groups -OCH3 is 2. The molecule has 0 aliphatic carbocycles. The number of sulfonamides is 1. The minimum absolute atomic E-state index is 0.121. The molecule has 0 saturated heterocycles. The van der Waals surface area contributed by atoms with Crippen LogP contribution in [0.2, 0.25) is 0 Å². The molecule has 0 unspecified atom stereocenters. The molecule has 0 amide bonds. The fraction of sp³-hybridized carbons (Fsp3) is 0.174. The topological polar surface area (TPSA) is 97.5 Å². The number of H-pyrrole nitrogens is 1. The van der Waals surface area contributed by atoms with Crippen LogP contribution in [0.5, 0.6) is 5.75 Å². The fourth-order valence-corrected chi connectivity index (χ4v) is 5.97. The fourth-order valence-electron chi connectivity index (χ4n) is 3.46. The molecule has 2 heterocycles. The van der Waals surface area contributed by atoms with E-state index in [1.54, 1.807) is 19.4 Å². The summed E-state index contributed by atoms with van der Waals surface area (Å²) < 4.78 is 38.8. The van der Waals surface area contributed by atoms with E-state index in [0.29, 0.717) is 0 Å². The van der Waals surface area contributed by atoms with Crippen molar-refractivity contribution in [3.05, 3.63) is 72.4 Å². The van der Waals surface area contributed by atoms with E-state index in [4.69, 9.17) is 9.47 Å². The first-order valence-electron chi connectivity index (χ1n) is 9.80. The van der Waals surface area contributed by atoms with Gasteiger partial charge in [0.05, 0.1) is 14.2 Å². The summed E-state index contributed by atoms with van der Waals surface area (Å²) in [4.78, 5) is 16.3. The van der Waals surface area contributed by atoms with Crippen LogP contribution in [0.15, 0.2) is 71.1 Å². The highest BCUT2D eigenvalue weighted by Crippen LogP contribution is 2.32. The zero-order valence-electron chi connectivity index (χ0n) is 17.5. The van der Waals surface area contributed by atoms with E-state index in [9.17, 15) is 13.2 Å². The lowest BCUT2D eigenvalue weighted by Gasteiger charge is -2.16. The zero-order valence-corrected chi connectivity index (χ0v) is 19.1. The molecular formula is C23H22N2O5S2. The molecule has 0 fully saturated rings. The molecule has 2 aromatic carbocycles. The van der Waals surface area contributed by atoms with Crippen LogP contribution in [0.1, 0.15) is 5.56 Å². The molecule has 166 valence electrons. The molecule has 0 saturated carbocycles. The van der Waals surface area contributed by atoms with Gasteiger partial charge in [0.2, 0.25) is 0 Å². The Morgan fingerprint density at radius 1 is 1.06 bits per heavy atom. The van der Waals surface area contributed by atoms with Gasteiger partial charge in [-0.2, -0.15) is 4.72 Å². The van der Waals surface area contributed by atoms with Crippen molar-refractivity contribution in [3.8, 4) is 16.2 Å². The quantitative estimate of drug-likeness (QED) is 0.380. The predicted octanol–water partition coefficient (Wildman–Crippen LogP) is 3.97. The zero-order chi connectivity index (χ0) is 22.7. The highest BCUT2D eigenvalue weighted by atomic mass is 32.2. The Balaban J connectivity index is 1.57. The number of para-hydroxylation sites is 1. The molecule has 32 heavy (non-hydrogen) atoms. The lowest BCUT2D eigenvalue weighted by atomic mass is 10.1. The second-order valence-electron chi connectivity index (χ2n) is 7.11. The van der Waals surface area contributed by atoms with Crippen LogP contribution in [0, 0.1) is 0 Å². The van der Waals surface area contributed by atoms with Crippen LogP contribution in [0.3, 0.4) is 0 Å². The van der Waals surface area contributed by atoms with Crippen LogP contribution in [0.25, 0.3) is 21.3 Å². The Morgan fingerprint density at radius 3 is 2.53 bits per heavy atom. The third-order valence-corrected chi connectivity index (χ3v) is 8.20. The van der Waals surface area contributed by atoms with Gasteiger partial charge in [0.15, 0.2) is 0 Å². The predicted molar refractivity (Wildman–Crippen MR) is 124 cm³/mol. The Labute approximate surface area is 190 Å². The van der Waals surface area contributed by atoms with Crippen molar-refractivity contribution >= 4 is 38.2 Å². The molecule has 4 aromatic rings. The van der Waals surface area contributed by atoms with Crippen molar-refractivity contribution in [2.45, 2.75) is 16.7 Å². The number of carbonyl (C=O) groups is 1. The third-order valence-electron chi connectivity index (χ3n) is 5.10. The summed E-state index contributed by atoms with van der Waals surface area (Å²) in [6.07, 6.45) is 1.94. The van der Waals surface area contributed by atoms with Gasteiger partial charge in [0, 0.05) is 28.4 Å². The standard InChI is InChI=1S/C23H22N2O5S2/c1-29-17-9-7-15(8-10-17)21-11-12-22(31-21)32(27,28)25-20(23(26)30-2)13-16-14-24-19-6-4-3-5-18(16)19/h3-12,14,20,24-25H,13H2,1-2H3/t20-/m1/s1. The number of benzene rings is 2. The van der Waals surface area contributed by atoms with Gasteiger partial charge in [-0.3, -0.25) is 4.79 Å². The van der Waals surface area contributed by atoms with E-state index in [-0.39, 0.29) is 10.6 Å². The second-order valence-corrected chi connectivity index (χ2v) is 10.1. The Kier molecular flexibility index (Phi) is 6.31. The lowest BCUT2D eigenvalue weighted by Crippen LogP contribution is -2.42. The minimum Gasteiger partial charge on any atom is -0.497 e. The average molecular weight is 471 g/mol. The van der Waals surface area contributed by atoms with Crippen molar-refractivity contribution in [2.24, 2.45) is 0 Å². The van der Waals surface area contributed by atoms with Gasteiger partial charge in [0.25, 0.3) is 10.0 Å². The molecule has 2 N–H and O–H groups in total. The first-order chi connectivity index (χ1) is 15.4. The van der Waals surface area contributed by atoms with Gasteiger partial charge < -0.3 is 14.5 Å². The van der Waals surface area contributed by atoms with Gasteiger partial charge in [0.1, 0.15) is 16.0 Å². The lowest BCUT2D eigenvalue weighted by molar-refractivity contribution is -0.142. The number of nitrogens with one attached hydrogen (secondary N) is 2. The van der Waals surface area contributed by atoms with E-state index in [0.717, 1.165) is 44.0 Å². The van der Waals surface area contributed by atoms with Crippen LogP contribution in [-0.4, -0.2) is 39.6 Å². The summed E-state index contributed by atoms with van der Waals surface area (Å²) in [5.41, 5.74) is 2.61. The number of aromatic nitrogens is 1. The highest BCUT2D eigenvalue weighted by Gasteiger charge is 2.28. The summed E-state index contributed by atoms with van der Waals surface area (Å²) in [5, 5.41) is 0.929. The van der Waals surface area contributed by atoms with Crippen molar-refractivity contribution in [1.82, 2.24) is 9.71 Å². The molecule has 0 radical (unpaired) electrons. The summed E-state index contributed by atoms with van der Waals surface area (Å²) in [6, 6.07) is 17.2. The first kappa shape index (κ1) is 22.1. The average Bonchev–Trinajstić information content (AvgIpc) is 3.46. The number of rotatable bonds is 8. The Hall–Kier alpha value is -3.14. The van der Waals surface area contributed by atoms with E-state index >= 15 is 0 Å². The summed E-state index contributed by atoms with van der Waals surface area (Å²) in [6.45, 7) is 0. The normalized spacial score (nSPS) is 12.6. The molecule has 2 aromatic heterocycles. The molecular weight excluding hydrogens is 448 g/mol. The van der Waals surface area contributed by atoms with Crippen molar-refractivity contribution in [3.63, 3.8) is 0 Å². The van der Waals surface area contributed by atoms with E-state index in [1.165, 1.54) is 13.2 Å². The van der Waals surface area contributed by atoms with E-state index in [2.05, 4.69) is 9.71 Å². The summed E-state index contributed by atoms with van der Waals surface area (Å²) >= 11 is 1.13. The van der Waals surface area contributed by atoms with Crippen molar-refractivity contribution in [1.29, 1.82) is 0 Å². The van der Waals surface area contributed by atoms with Crippen molar-refractivity contribution < 1.29 is 22.7 Å². The molecule has 7 nitrogen and oxygen atoms in total. The van der Waals surface area contributed by atoms with Gasteiger partial charge in [-0.15, -0.1) is 11.3 Å². The largest absolute Gasteiger partial charge is 0.497 e. The maximum Gasteiger partial charge on any atom is 0.324 e. The Bertz CT molecular complexity index is 1340. The summed E-state index contributed by atoms with van der Waals surface area (Å²) in [7, 11) is -1.11. The molecule has 9 heteroatoms. The van der Waals surface area contributed by atoms with Crippen LogP contribution in [-0.2, 0) is 26.0 Å².